The number of benzene rings is 2. The van der Waals surface area contributed by atoms with Gasteiger partial charge in [0.25, 0.3) is 5.91 Å². The van der Waals surface area contributed by atoms with Crippen molar-refractivity contribution in [3.05, 3.63) is 53.6 Å². The lowest BCUT2D eigenvalue weighted by Gasteiger charge is -2.19. The van der Waals surface area contributed by atoms with E-state index in [1.807, 2.05) is 26.0 Å². The van der Waals surface area contributed by atoms with Crippen LogP contribution < -0.4 is 19.9 Å². The number of nitrogens with one attached hydrogen (secondary N) is 1. The number of hydrogen-bond acceptors (Lipinski definition) is 5. The lowest BCUT2D eigenvalue weighted by atomic mass is 10.1. The van der Waals surface area contributed by atoms with Gasteiger partial charge in [0, 0.05) is 24.2 Å². The first kappa shape index (κ1) is 27.1. The molecule has 7 nitrogen and oxygen atoms in total. The van der Waals surface area contributed by atoms with E-state index in [0.29, 0.717) is 48.9 Å². The molecule has 0 fully saturated rings. The third kappa shape index (κ3) is 7.96. The maximum atomic E-state index is 12.6. The monoisotopic (exact) mass is 463 g/mol. The first-order valence-electron chi connectivity index (χ1n) is 10.7. The molecule has 2 aromatic carbocycles. The van der Waals surface area contributed by atoms with Crippen LogP contribution in [0.25, 0.3) is 0 Å². The van der Waals surface area contributed by atoms with Crippen LogP contribution in [-0.2, 0) is 0 Å². The first-order valence-corrected chi connectivity index (χ1v) is 10.7. The molecule has 0 heterocycles. The van der Waals surface area contributed by atoms with Gasteiger partial charge in [-0.25, -0.2) is 0 Å². The van der Waals surface area contributed by atoms with Gasteiger partial charge in [-0.2, -0.15) is 0 Å². The summed E-state index contributed by atoms with van der Waals surface area (Å²) in [4.78, 5) is 14.4. The minimum Gasteiger partial charge on any atom is -0.494 e. The Morgan fingerprint density at radius 1 is 0.906 bits per heavy atom. The first-order chi connectivity index (χ1) is 15.0. The van der Waals surface area contributed by atoms with Crippen molar-refractivity contribution in [1.82, 2.24) is 4.90 Å². The molecule has 2 rings (SSSR count). The highest BCUT2D eigenvalue weighted by atomic mass is 35.5. The van der Waals surface area contributed by atoms with Crippen molar-refractivity contribution in [2.45, 2.75) is 33.1 Å². The van der Waals surface area contributed by atoms with E-state index >= 15 is 0 Å². The number of amides is 1. The fourth-order valence-electron chi connectivity index (χ4n) is 3.10. The SMILES string of the molecule is CCN(CC)C(=O)c1ccc(OC)c(OCCCCCOc2ccc(C(=N)N)cc2)c1.Cl. The molecule has 0 saturated carbocycles. The summed E-state index contributed by atoms with van der Waals surface area (Å²) in [6.45, 7) is 6.41. The lowest BCUT2D eigenvalue weighted by molar-refractivity contribution is 0.0772. The smallest absolute Gasteiger partial charge is 0.253 e. The molecule has 0 radical (unpaired) electrons. The Labute approximate surface area is 196 Å². The maximum Gasteiger partial charge on any atom is 0.253 e. The standard InChI is InChI=1S/C24H33N3O4.ClH/c1-4-27(5-2)24(28)19-11-14-21(29-3)22(17-19)31-16-8-6-7-15-30-20-12-9-18(10-13-20)23(25)26;/h9-14,17H,4-8,15-16H2,1-3H3,(H3,25,26);1H. The van der Waals surface area contributed by atoms with Crippen LogP contribution in [0, 0.1) is 5.41 Å². The van der Waals surface area contributed by atoms with Gasteiger partial charge in [-0.05, 0) is 75.6 Å². The van der Waals surface area contributed by atoms with Gasteiger partial charge >= 0.3 is 0 Å². The largest absolute Gasteiger partial charge is 0.494 e. The molecule has 2 aromatic rings. The average molecular weight is 464 g/mol. The van der Waals surface area contributed by atoms with E-state index in [4.69, 9.17) is 25.4 Å². The molecule has 32 heavy (non-hydrogen) atoms. The quantitative estimate of drug-likeness (QED) is 0.258. The van der Waals surface area contributed by atoms with Crippen molar-refractivity contribution in [1.29, 1.82) is 5.41 Å². The number of amidine groups is 1. The minimum absolute atomic E-state index is 0. The third-order valence-electron chi connectivity index (χ3n) is 4.94. The number of nitrogen functional groups attached to an aromatic ring is 1. The van der Waals surface area contributed by atoms with Crippen molar-refractivity contribution in [2.75, 3.05) is 33.4 Å². The Balaban J connectivity index is 0.00000512. The zero-order chi connectivity index (χ0) is 22.6. The molecule has 0 atom stereocenters. The molecule has 8 heteroatoms. The van der Waals surface area contributed by atoms with E-state index in [9.17, 15) is 4.79 Å². The summed E-state index contributed by atoms with van der Waals surface area (Å²) in [5, 5.41) is 7.39. The Bertz CT molecular complexity index is 855. The van der Waals surface area contributed by atoms with E-state index < -0.39 is 0 Å². The van der Waals surface area contributed by atoms with Crippen LogP contribution in [0.15, 0.2) is 42.5 Å². The summed E-state index contributed by atoms with van der Waals surface area (Å²) in [6.07, 6.45) is 2.71. The van der Waals surface area contributed by atoms with Crippen LogP contribution in [0.1, 0.15) is 49.0 Å². The Kier molecular flexibility index (Phi) is 12.0. The van der Waals surface area contributed by atoms with Crippen LogP contribution in [0.5, 0.6) is 17.2 Å². The summed E-state index contributed by atoms with van der Waals surface area (Å²) in [5.41, 5.74) is 6.73. The van der Waals surface area contributed by atoms with Crippen LogP contribution in [0.2, 0.25) is 0 Å². The highest BCUT2D eigenvalue weighted by Crippen LogP contribution is 2.29. The van der Waals surface area contributed by atoms with E-state index in [0.717, 1.165) is 25.0 Å². The predicted molar refractivity (Wildman–Crippen MR) is 130 cm³/mol. The summed E-state index contributed by atoms with van der Waals surface area (Å²) in [5.74, 6) is 2.01. The molecule has 0 spiro atoms. The van der Waals surface area contributed by atoms with Crippen molar-refractivity contribution >= 4 is 24.1 Å². The fourth-order valence-corrected chi connectivity index (χ4v) is 3.10. The molecule has 0 aliphatic carbocycles. The normalized spacial score (nSPS) is 10.1. The number of hydrogen-bond donors (Lipinski definition) is 2. The predicted octanol–water partition coefficient (Wildman–Crippen LogP) is 4.51. The zero-order valence-corrected chi connectivity index (χ0v) is 19.9. The summed E-state index contributed by atoms with van der Waals surface area (Å²) in [7, 11) is 1.59. The van der Waals surface area contributed by atoms with Crippen LogP contribution in [0.4, 0.5) is 0 Å². The fraction of sp³-hybridized carbons (Fsp3) is 0.417. The topological polar surface area (TPSA) is 97.9 Å². The Morgan fingerprint density at radius 2 is 1.50 bits per heavy atom. The molecule has 0 bridgehead atoms. The zero-order valence-electron chi connectivity index (χ0n) is 19.1. The highest BCUT2D eigenvalue weighted by molar-refractivity contribution is 5.95. The Morgan fingerprint density at radius 3 is 2.06 bits per heavy atom. The number of ether oxygens (including phenoxy) is 3. The molecule has 0 aliphatic rings. The molecular formula is C24H34ClN3O4. The summed E-state index contributed by atoms with van der Waals surface area (Å²) >= 11 is 0. The molecule has 1 amide bonds. The van der Waals surface area contributed by atoms with Crippen molar-refractivity contribution < 1.29 is 19.0 Å². The van der Waals surface area contributed by atoms with Crippen molar-refractivity contribution in [2.24, 2.45) is 5.73 Å². The second kappa shape index (κ2) is 14.2. The number of methoxy groups -OCH3 is 1. The number of nitrogens with two attached hydrogens (primary N) is 1. The van der Waals surface area contributed by atoms with Gasteiger partial charge in [-0.3, -0.25) is 10.2 Å². The molecule has 3 N–H and O–H groups in total. The average Bonchev–Trinajstić information content (AvgIpc) is 2.79. The van der Waals surface area contributed by atoms with Crippen LogP contribution in [0.3, 0.4) is 0 Å². The highest BCUT2D eigenvalue weighted by Gasteiger charge is 2.15. The van der Waals surface area contributed by atoms with Gasteiger partial charge in [0.15, 0.2) is 11.5 Å². The van der Waals surface area contributed by atoms with Gasteiger partial charge in [-0.1, -0.05) is 0 Å². The molecule has 0 aromatic heterocycles. The van der Waals surface area contributed by atoms with Gasteiger partial charge in [0.05, 0.1) is 20.3 Å². The van der Waals surface area contributed by atoms with E-state index in [2.05, 4.69) is 0 Å². The van der Waals surface area contributed by atoms with Crippen LogP contribution in [-0.4, -0.2) is 50.1 Å². The van der Waals surface area contributed by atoms with E-state index in [1.165, 1.54) is 0 Å². The number of nitrogens with zero attached hydrogens (tertiary/aromatic N) is 1. The second-order valence-corrected chi connectivity index (χ2v) is 7.04. The minimum atomic E-state index is -0.00835. The van der Waals surface area contributed by atoms with E-state index in [1.54, 1.807) is 42.3 Å². The maximum absolute atomic E-state index is 12.6. The van der Waals surface area contributed by atoms with E-state index in [-0.39, 0.29) is 24.1 Å². The summed E-state index contributed by atoms with van der Waals surface area (Å²) in [6, 6.07) is 12.5. The molecule has 176 valence electrons. The third-order valence-corrected chi connectivity index (χ3v) is 4.94. The van der Waals surface area contributed by atoms with Gasteiger partial charge in [0.2, 0.25) is 0 Å². The number of unbranched alkanes of at least 4 members (excludes halogenated alkanes) is 2. The second-order valence-electron chi connectivity index (χ2n) is 7.04. The van der Waals surface area contributed by atoms with Gasteiger partial charge < -0.3 is 24.8 Å². The number of rotatable bonds is 13. The summed E-state index contributed by atoms with van der Waals surface area (Å²) < 4.78 is 17.0. The number of carbonyl (C=O) groups is 1. The molecule has 0 unspecified atom stereocenters. The van der Waals surface area contributed by atoms with Crippen molar-refractivity contribution in [3.8, 4) is 17.2 Å². The Hall–Kier alpha value is -2.93. The molecule has 0 aliphatic heterocycles. The van der Waals surface area contributed by atoms with Gasteiger partial charge in [0.1, 0.15) is 11.6 Å². The molecule has 0 saturated heterocycles. The molecular weight excluding hydrogens is 430 g/mol. The number of carbonyl (C=O) groups excluding carboxylic acids is 1. The number of halogens is 1. The van der Waals surface area contributed by atoms with Gasteiger partial charge in [-0.15, -0.1) is 12.4 Å². The van der Waals surface area contributed by atoms with Crippen molar-refractivity contribution in [3.63, 3.8) is 0 Å². The lowest BCUT2D eigenvalue weighted by Crippen LogP contribution is -2.30. The van der Waals surface area contributed by atoms with Crippen LogP contribution >= 0.6 is 12.4 Å².